The van der Waals surface area contributed by atoms with Crippen molar-refractivity contribution in [2.24, 2.45) is 0 Å². The van der Waals surface area contributed by atoms with Crippen LogP contribution in [-0.4, -0.2) is 31.3 Å². The third-order valence-electron chi connectivity index (χ3n) is 2.37. The van der Waals surface area contributed by atoms with E-state index in [9.17, 15) is 0 Å². The quantitative estimate of drug-likeness (QED) is 0.757. The molecule has 0 amide bonds. The van der Waals surface area contributed by atoms with Gasteiger partial charge in [0.1, 0.15) is 5.82 Å². The molecule has 16 heavy (non-hydrogen) atoms. The van der Waals surface area contributed by atoms with E-state index in [1.54, 1.807) is 6.20 Å². The molecule has 0 bridgehead atoms. The van der Waals surface area contributed by atoms with Crippen LogP contribution in [0.4, 0.5) is 5.82 Å². The molecule has 1 aliphatic heterocycles. The summed E-state index contributed by atoms with van der Waals surface area (Å²) in [5.74, 6) is 0.884. The second-order valence-corrected chi connectivity index (χ2v) is 3.74. The number of halogens is 1. The Morgan fingerprint density at radius 2 is 1.94 bits per heavy atom. The molecule has 0 spiro atoms. The number of ether oxygens (including phenoxy) is 1. The minimum absolute atomic E-state index is 0.756. The molecule has 1 fully saturated rings. The van der Waals surface area contributed by atoms with Gasteiger partial charge in [-0.25, -0.2) is 4.98 Å². The van der Waals surface area contributed by atoms with Gasteiger partial charge in [-0.05, 0) is 18.6 Å². The van der Waals surface area contributed by atoms with Gasteiger partial charge in [-0.15, -0.1) is 0 Å². The summed E-state index contributed by atoms with van der Waals surface area (Å²) in [7, 11) is 0. The smallest absolute Gasteiger partial charge is 0.147 e. The fourth-order valence-electron chi connectivity index (χ4n) is 1.52. The van der Waals surface area contributed by atoms with Crippen molar-refractivity contribution in [3.8, 4) is 0 Å². The summed E-state index contributed by atoms with van der Waals surface area (Å²) < 4.78 is 5.28. The maximum atomic E-state index is 6.18. The van der Waals surface area contributed by atoms with Crippen molar-refractivity contribution in [3.63, 3.8) is 0 Å². The number of hydrogen-bond donors (Lipinski definition) is 0. The zero-order chi connectivity index (χ0) is 12.0. The number of nitrogens with zero attached hydrogens (tertiary/aromatic N) is 2. The highest BCUT2D eigenvalue weighted by Gasteiger charge is 2.15. The Hall–Kier alpha value is -0.800. The van der Waals surface area contributed by atoms with Gasteiger partial charge in [-0.1, -0.05) is 25.4 Å². The molecule has 0 aliphatic carbocycles. The minimum Gasteiger partial charge on any atom is -0.378 e. The maximum absolute atomic E-state index is 6.18. The molecule has 0 atom stereocenters. The predicted octanol–water partition coefficient (Wildman–Crippen LogP) is 2.91. The van der Waals surface area contributed by atoms with Crippen molar-refractivity contribution in [2.45, 2.75) is 20.8 Å². The summed E-state index contributed by atoms with van der Waals surface area (Å²) in [5, 5.41) is 0.759. The van der Waals surface area contributed by atoms with Gasteiger partial charge < -0.3 is 9.64 Å². The van der Waals surface area contributed by atoms with Gasteiger partial charge in [0.2, 0.25) is 0 Å². The van der Waals surface area contributed by atoms with Crippen LogP contribution in [0.5, 0.6) is 0 Å². The van der Waals surface area contributed by atoms with E-state index in [2.05, 4.69) is 9.88 Å². The average Bonchev–Trinajstić information content (AvgIpc) is 2.36. The lowest BCUT2D eigenvalue weighted by Crippen LogP contribution is -2.37. The highest BCUT2D eigenvalue weighted by molar-refractivity contribution is 6.33. The van der Waals surface area contributed by atoms with Crippen molar-refractivity contribution in [2.75, 3.05) is 31.2 Å². The van der Waals surface area contributed by atoms with Crippen LogP contribution < -0.4 is 4.90 Å². The Morgan fingerprint density at radius 1 is 1.31 bits per heavy atom. The Balaban J connectivity index is 0.000000606. The summed E-state index contributed by atoms with van der Waals surface area (Å²) in [6.45, 7) is 9.25. The van der Waals surface area contributed by atoms with Gasteiger partial charge in [0.25, 0.3) is 0 Å². The molecule has 0 saturated carbocycles. The molecule has 3 nitrogen and oxygen atoms in total. The fraction of sp³-hybridized carbons (Fsp3) is 0.583. The van der Waals surface area contributed by atoms with Gasteiger partial charge in [0, 0.05) is 19.3 Å². The van der Waals surface area contributed by atoms with E-state index in [-0.39, 0.29) is 0 Å². The minimum atomic E-state index is 0.756. The number of aryl methyl sites for hydroxylation is 1. The molecule has 0 N–H and O–H groups in total. The van der Waals surface area contributed by atoms with E-state index in [1.165, 1.54) is 0 Å². The Morgan fingerprint density at radius 3 is 2.56 bits per heavy atom. The summed E-state index contributed by atoms with van der Waals surface area (Å²) in [4.78, 5) is 6.47. The van der Waals surface area contributed by atoms with E-state index < -0.39 is 0 Å². The average molecular weight is 243 g/mol. The zero-order valence-corrected chi connectivity index (χ0v) is 10.9. The van der Waals surface area contributed by atoms with Crippen LogP contribution in [0.15, 0.2) is 12.3 Å². The third-order valence-corrected chi connectivity index (χ3v) is 2.84. The van der Waals surface area contributed by atoms with E-state index in [1.807, 2.05) is 26.8 Å². The molecule has 0 radical (unpaired) electrons. The maximum Gasteiger partial charge on any atom is 0.147 e. The normalized spacial score (nSPS) is 15.4. The summed E-state index contributed by atoms with van der Waals surface area (Å²) >= 11 is 6.18. The molecular formula is C12H19ClN2O. The van der Waals surface area contributed by atoms with Crippen LogP contribution in [-0.2, 0) is 4.74 Å². The lowest BCUT2D eigenvalue weighted by Gasteiger charge is -2.28. The molecule has 1 saturated heterocycles. The number of aromatic nitrogens is 1. The van der Waals surface area contributed by atoms with Crippen molar-refractivity contribution < 1.29 is 4.74 Å². The van der Waals surface area contributed by atoms with Crippen LogP contribution >= 0.6 is 11.6 Å². The number of rotatable bonds is 1. The van der Waals surface area contributed by atoms with E-state index in [4.69, 9.17) is 16.3 Å². The van der Waals surface area contributed by atoms with E-state index >= 15 is 0 Å². The van der Waals surface area contributed by atoms with Gasteiger partial charge in [0.05, 0.1) is 18.2 Å². The number of anilines is 1. The van der Waals surface area contributed by atoms with E-state index in [0.29, 0.717) is 0 Å². The van der Waals surface area contributed by atoms with Gasteiger partial charge in [-0.2, -0.15) is 0 Å². The first-order valence-electron chi connectivity index (χ1n) is 5.73. The molecule has 1 aromatic heterocycles. The molecule has 1 aliphatic rings. The van der Waals surface area contributed by atoms with Crippen LogP contribution in [0.2, 0.25) is 5.02 Å². The Labute approximate surface area is 102 Å². The molecule has 1 aromatic rings. The predicted molar refractivity (Wildman–Crippen MR) is 68.4 cm³/mol. The standard InChI is InChI=1S/C10H13ClN2O.C2H6/c1-8-2-3-12-10(9(8)11)13-4-6-14-7-5-13;1-2/h2-3H,4-7H2,1H3;1-2H3. The van der Waals surface area contributed by atoms with Crippen molar-refractivity contribution >= 4 is 17.4 Å². The van der Waals surface area contributed by atoms with Crippen LogP contribution in [0.25, 0.3) is 0 Å². The third kappa shape index (κ3) is 3.09. The summed E-state index contributed by atoms with van der Waals surface area (Å²) in [5.41, 5.74) is 1.07. The zero-order valence-electron chi connectivity index (χ0n) is 10.2. The Bertz CT molecular complexity index is 325. The summed E-state index contributed by atoms with van der Waals surface area (Å²) in [6, 6.07) is 1.92. The van der Waals surface area contributed by atoms with Crippen LogP contribution in [0.3, 0.4) is 0 Å². The second-order valence-electron chi connectivity index (χ2n) is 3.36. The van der Waals surface area contributed by atoms with Gasteiger partial charge in [0.15, 0.2) is 0 Å². The summed E-state index contributed by atoms with van der Waals surface area (Å²) in [6.07, 6.45) is 1.80. The number of pyridine rings is 1. The largest absolute Gasteiger partial charge is 0.378 e. The second kappa shape index (κ2) is 6.71. The highest BCUT2D eigenvalue weighted by Crippen LogP contribution is 2.26. The highest BCUT2D eigenvalue weighted by atomic mass is 35.5. The first-order chi connectivity index (χ1) is 7.79. The SMILES string of the molecule is CC.Cc1ccnc(N2CCOCC2)c1Cl. The molecule has 2 rings (SSSR count). The van der Waals surface area contributed by atoms with Crippen molar-refractivity contribution in [3.05, 3.63) is 22.8 Å². The first-order valence-corrected chi connectivity index (χ1v) is 6.10. The number of morpholine rings is 1. The van der Waals surface area contributed by atoms with Crippen LogP contribution in [0.1, 0.15) is 19.4 Å². The van der Waals surface area contributed by atoms with Crippen molar-refractivity contribution in [1.29, 1.82) is 0 Å². The lowest BCUT2D eigenvalue weighted by molar-refractivity contribution is 0.122. The molecule has 0 unspecified atom stereocenters. The lowest BCUT2D eigenvalue weighted by atomic mass is 10.3. The Kier molecular flexibility index (Phi) is 5.56. The molecule has 4 heteroatoms. The molecular weight excluding hydrogens is 224 g/mol. The molecule has 2 heterocycles. The van der Waals surface area contributed by atoms with Crippen LogP contribution in [0, 0.1) is 6.92 Å². The topological polar surface area (TPSA) is 25.4 Å². The fourth-order valence-corrected chi connectivity index (χ4v) is 1.75. The molecule has 0 aromatic carbocycles. The molecule has 90 valence electrons. The van der Waals surface area contributed by atoms with Crippen molar-refractivity contribution in [1.82, 2.24) is 4.98 Å². The first kappa shape index (κ1) is 13.3. The van der Waals surface area contributed by atoms with Gasteiger partial charge in [-0.3, -0.25) is 0 Å². The van der Waals surface area contributed by atoms with Gasteiger partial charge >= 0.3 is 0 Å². The number of hydrogen-bond acceptors (Lipinski definition) is 3. The monoisotopic (exact) mass is 242 g/mol. The van der Waals surface area contributed by atoms with E-state index in [0.717, 1.165) is 42.7 Å².